The Bertz CT molecular complexity index is 1010. The third kappa shape index (κ3) is 5.30. The maximum atomic E-state index is 13.4. The van der Waals surface area contributed by atoms with Gasteiger partial charge in [-0.1, -0.05) is 49.4 Å². The van der Waals surface area contributed by atoms with Crippen LogP contribution in [0.4, 0.5) is 5.13 Å². The Balaban J connectivity index is 1.59. The number of ether oxygens (including phenoxy) is 1. The van der Waals surface area contributed by atoms with Crippen LogP contribution in [0.25, 0.3) is 10.2 Å². The van der Waals surface area contributed by atoms with Crippen molar-refractivity contribution in [1.82, 2.24) is 4.98 Å². The number of carbonyl (C=O) groups excluding carboxylic acids is 1. The van der Waals surface area contributed by atoms with Crippen LogP contribution in [0.5, 0.6) is 0 Å². The highest BCUT2D eigenvalue weighted by atomic mass is 32.2. The maximum Gasteiger partial charge on any atom is 0.233 e. The average molecular weight is 455 g/mol. The van der Waals surface area contributed by atoms with Crippen molar-refractivity contribution in [2.75, 3.05) is 18.1 Å². The first-order valence-corrected chi connectivity index (χ1v) is 12.6. The Morgan fingerprint density at radius 1 is 1.19 bits per heavy atom. The van der Waals surface area contributed by atoms with Crippen LogP contribution in [-0.2, 0) is 16.0 Å². The van der Waals surface area contributed by atoms with E-state index >= 15 is 0 Å². The molecule has 1 saturated heterocycles. The Hall–Kier alpha value is -1.89. The highest BCUT2D eigenvalue weighted by Gasteiger charge is 2.26. The topological polar surface area (TPSA) is 42.4 Å². The van der Waals surface area contributed by atoms with Gasteiger partial charge in [0, 0.05) is 16.8 Å². The van der Waals surface area contributed by atoms with Crippen molar-refractivity contribution in [3.05, 3.63) is 53.1 Å². The predicted molar refractivity (Wildman–Crippen MR) is 132 cm³/mol. The number of amides is 1. The first-order valence-electron chi connectivity index (χ1n) is 10.9. The molecular weight excluding hydrogens is 424 g/mol. The summed E-state index contributed by atoms with van der Waals surface area (Å²) in [5.41, 5.74) is 4.38. The van der Waals surface area contributed by atoms with E-state index < -0.39 is 0 Å². The number of fused-ring (bicyclic) bond motifs is 1. The molecule has 0 radical (unpaired) electrons. The Kier molecular flexibility index (Phi) is 6.99. The summed E-state index contributed by atoms with van der Waals surface area (Å²) >= 11 is 3.45. The Morgan fingerprint density at radius 2 is 1.94 bits per heavy atom. The number of hydrogen-bond acceptors (Lipinski definition) is 5. The van der Waals surface area contributed by atoms with Gasteiger partial charge in [0.15, 0.2) is 5.13 Å². The van der Waals surface area contributed by atoms with E-state index in [1.54, 1.807) is 11.3 Å². The number of hydrogen-bond donors (Lipinski definition) is 0. The lowest BCUT2D eigenvalue weighted by atomic mass is 10.1. The molecule has 0 N–H and O–H groups in total. The van der Waals surface area contributed by atoms with Crippen molar-refractivity contribution in [3.8, 4) is 0 Å². The number of thiazole rings is 1. The third-order valence-corrected chi connectivity index (χ3v) is 7.75. The van der Waals surface area contributed by atoms with Crippen molar-refractivity contribution >= 4 is 44.4 Å². The highest BCUT2D eigenvalue weighted by Crippen LogP contribution is 2.34. The van der Waals surface area contributed by atoms with Gasteiger partial charge in [0.1, 0.15) is 0 Å². The normalized spacial score (nSPS) is 16.4. The van der Waals surface area contributed by atoms with Gasteiger partial charge in [0.2, 0.25) is 5.91 Å². The second-order valence-corrected chi connectivity index (χ2v) is 11.1. The number of nitrogens with zero attached hydrogens (tertiary/aromatic N) is 2. The molecule has 1 aliphatic heterocycles. The standard InChI is InChI=1S/C25H30N2O2S2/c1-16(2)30-21-11-9-19(10-12-21)14-22(28)27(15-20-6-5-13-29-20)25-26-23-17(3)7-8-18(4)24(23)31-25/h7-12,16,20H,5-6,13-15H2,1-4H3. The van der Waals surface area contributed by atoms with Gasteiger partial charge in [-0.3, -0.25) is 9.69 Å². The zero-order valence-corrected chi connectivity index (χ0v) is 20.3. The fourth-order valence-corrected chi connectivity index (χ4v) is 5.85. The van der Waals surface area contributed by atoms with Gasteiger partial charge in [-0.05, 0) is 55.5 Å². The Labute approximate surface area is 193 Å². The third-order valence-electron chi connectivity index (χ3n) is 5.52. The summed E-state index contributed by atoms with van der Waals surface area (Å²) in [6.07, 6.45) is 2.50. The number of rotatable bonds is 7. The maximum absolute atomic E-state index is 13.4. The molecule has 3 aromatic rings. The van der Waals surface area contributed by atoms with Gasteiger partial charge in [0.25, 0.3) is 0 Å². The molecule has 1 aliphatic rings. The van der Waals surface area contributed by atoms with Crippen molar-refractivity contribution < 1.29 is 9.53 Å². The lowest BCUT2D eigenvalue weighted by molar-refractivity contribution is -0.118. The molecule has 0 aliphatic carbocycles. The summed E-state index contributed by atoms with van der Waals surface area (Å²) in [5, 5.41) is 1.32. The molecule has 2 heterocycles. The molecule has 1 unspecified atom stereocenters. The van der Waals surface area contributed by atoms with Crippen LogP contribution in [0.15, 0.2) is 41.3 Å². The van der Waals surface area contributed by atoms with E-state index in [-0.39, 0.29) is 12.0 Å². The van der Waals surface area contributed by atoms with Gasteiger partial charge in [-0.15, -0.1) is 11.8 Å². The first kappa shape index (κ1) is 22.3. The summed E-state index contributed by atoms with van der Waals surface area (Å²) < 4.78 is 7.02. The number of carbonyl (C=O) groups is 1. The van der Waals surface area contributed by atoms with Crippen molar-refractivity contribution in [1.29, 1.82) is 0 Å². The van der Waals surface area contributed by atoms with Gasteiger partial charge >= 0.3 is 0 Å². The summed E-state index contributed by atoms with van der Waals surface area (Å²) in [5.74, 6) is 0.0779. The monoisotopic (exact) mass is 454 g/mol. The lowest BCUT2D eigenvalue weighted by Gasteiger charge is -2.23. The van der Waals surface area contributed by atoms with Gasteiger partial charge < -0.3 is 4.74 Å². The molecule has 0 saturated carbocycles. The molecule has 2 aromatic carbocycles. The predicted octanol–water partition coefficient (Wildman–Crippen LogP) is 6.17. The molecule has 0 bridgehead atoms. The number of aromatic nitrogens is 1. The van der Waals surface area contributed by atoms with Crippen LogP contribution >= 0.6 is 23.1 Å². The minimum atomic E-state index is 0.0779. The van der Waals surface area contributed by atoms with Crippen LogP contribution in [0.1, 0.15) is 43.4 Å². The summed E-state index contributed by atoms with van der Waals surface area (Å²) in [4.78, 5) is 21.4. The first-order chi connectivity index (χ1) is 14.9. The molecule has 1 aromatic heterocycles. The minimum absolute atomic E-state index is 0.0779. The largest absolute Gasteiger partial charge is 0.376 e. The molecule has 31 heavy (non-hydrogen) atoms. The molecule has 1 atom stereocenters. The second kappa shape index (κ2) is 9.72. The number of anilines is 1. The lowest BCUT2D eigenvalue weighted by Crippen LogP contribution is -2.38. The molecule has 4 rings (SSSR count). The van der Waals surface area contributed by atoms with Crippen LogP contribution in [0, 0.1) is 13.8 Å². The number of benzene rings is 2. The molecule has 6 heteroatoms. The van der Waals surface area contributed by atoms with E-state index in [1.807, 2.05) is 16.7 Å². The van der Waals surface area contributed by atoms with E-state index in [1.165, 1.54) is 10.5 Å². The van der Waals surface area contributed by atoms with E-state index in [0.717, 1.165) is 45.9 Å². The number of aryl methyl sites for hydroxylation is 2. The molecule has 164 valence electrons. The fraction of sp³-hybridized carbons (Fsp3) is 0.440. The van der Waals surface area contributed by atoms with E-state index in [0.29, 0.717) is 18.2 Å². The van der Waals surface area contributed by atoms with Crippen LogP contribution in [0.3, 0.4) is 0 Å². The number of thioether (sulfide) groups is 1. The van der Waals surface area contributed by atoms with Crippen molar-refractivity contribution in [2.45, 2.75) is 63.2 Å². The fourth-order valence-electron chi connectivity index (χ4n) is 3.87. The van der Waals surface area contributed by atoms with Gasteiger partial charge in [0.05, 0.1) is 29.3 Å². The van der Waals surface area contributed by atoms with E-state index in [2.05, 4.69) is 64.1 Å². The van der Waals surface area contributed by atoms with Gasteiger partial charge in [-0.25, -0.2) is 4.98 Å². The van der Waals surface area contributed by atoms with Crippen LogP contribution < -0.4 is 4.90 Å². The Morgan fingerprint density at radius 3 is 2.58 bits per heavy atom. The SMILES string of the molecule is Cc1ccc(C)c2sc(N(CC3CCCO3)C(=O)Cc3ccc(SC(C)C)cc3)nc12. The smallest absolute Gasteiger partial charge is 0.233 e. The highest BCUT2D eigenvalue weighted by molar-refractivity contribution is 7.99. The molecule has 1 amide bonds. The summed E-state index contributed by atoms with van der Waals surface area (Å²) in [6.45, 7) is 9.90. The molecule has 1 fully saturated rings. The summed E-state index contributed by atoms with van der Waals surface area (Å²) in [6, 6.07) is 12.6. The molecule has 0 spiro atoms. The molecule has 4 nitrogen and oxygen atoms in total. The van der Waals surface area contributed by atoms with Crippen LogP contribution in [-0.4, -0.2) is 35.4 Å². The zero-order chi connectivity index (χ0) is 22.0. The average Bonchev–Trinajstić information content (AvgIpc) is 3.40. The van der Waals surface area contributed by atoms with Crippen molar-refractivity contribution in [3.63, 3.8) is 0 Å². The summed E-state index contributed by atoms with van der Waals surface area (Å²) in [7, 11) is 0. The van der Waals surface area contributed by atoms with Crippen molar-refractivity contribution in [2.24, 2.45) is 0 Å². The minimum Gasteiger partial charge on any atom is -0.376 e. The van der Waals surface area contributed by atoms with E-state index in [4.69, 9.17) is 9.72 Å². The quantitative estimate of drug-likeness (QED) is 0.401. The molecular formula is C25H30N2O2S2. The zero-order valence-electron chi connectivity index (χ0n) is 18.7. The second-order valence-electron chi connectivity index (χ2n) is 8.50. The van der Waals surface area contributed by atoms with E-state index in [9.17, 15) is 4.79 Å². The van der Waals surface area contributed by atoms with Gasteiger partial charge in [-0.2, -0.15) is 0 Å². The van der Waals surface area contributed by atoms with Crippen LogP contribution in [0.2, 0.25) is 0 Å².